The van der Waals surface area contributed by atoms with E-state index in [4.69, 9.17) is 0 Å². The average molecular weight is 139 g/mol. The second kappa shape index (κ2) is 2.78. The first-order valence-corrected chi connectivity index (χ1v) is 3.36. The predicted molar refractivity (Wildman–Crippen MR) is 38.3 cm³/mol. The molecule has 0 aromatic carbocycles. The van der Waals surface area contributed by atoms with Gasteiger partial charge in [-0.05, 0) is 19.4 Å². The third-order valence-corrected chi connectivity index (χ3v) is 1.46. The molecule has 0 saturated carbocycles. The van der Waals surface area contributed by atoms with Crippen LogP contribution in [0.25, 0.3) is 0 Å². The SMILES string of the molecule is CCc1ccc(C)c(F)n1. The largest absolute Gasteiger partial charge is 0.225 e. The van der Waals surface area contributed by atoms with Crippen LogP contribution in [0.15, 0.2) is 12.1 Å². The van der Waals surface area contributed by atoms with Crippen LogP contribution in [0.2, 0.25) is 0 Å². The van der Waals surface area contributed by atoms with Crippen LogP contribution in [0.3, 0.4) is 0 Å². The average Bonchev–Trinajstić information content (AvgIpc) is 1.95. The minimum atomic E-state index is -0.348. The maximum Gasteiger partial charge on any atom is 0.215 e. The van der Waals surface area contributed by atoms with Gasteiger partial charge >= 0.3 is 0 Å². The van der Waals surface area contributed by atoms with Crippen molar-refractivity contribution in [3.8, 4) is 0 Å². The summed E-state index contributed by atoms with van der Waals surface area (Å²) in [5.41, 5.74) is 1.42. The zero-order chi connectivity index (χ0) is 7.56. The molecule has 0 fully saturated rings. The van der Waals surface area contributed by atoms with Gasteiger partial charge in [0.1, 0.15) is 0 Å². The van der Waals surface area contributed by atoms with Crippen molar-refractivity contribution in [3.63, 3.8) is 0 Å². The molecule has 1 aromatic rings. The molecule has 0 amide bonds. The van der Waals surface area contributed by atoms with Gasteiger partial charge in [0, 0.05) is 11.3 Å². The van der Waals surface area contributed by atoms with E-state index < -0.39 is 0 Å². The van der Waals surface area contributed by atoms with Crippen molar-refractivity contribution < 1.29 is 4.39 Å². The van der Waals surface area contributed by atoms with Gasteiger partial charge in [-0.15, -0.1) is 0 Å². The Bertz CT molecular complexity index is 233. The van der Waals surface area contributed by atoms with Gasteiger partial charge in [-0.1, -0.05) is 13.0 Å². The van der Waals surface area contributed by atoms with Crippen molar-refractivity contribution in [2.24, 2.45) is 0 Å². The van der Waals surface area contributed by atoms with Gasteiger partial charge in [0.25, 0.3) is 0 Å². The Kier molecular flexibility index (Phi) is 2.00. The first kappa shape index (κ1) is 7.19. The summed E-state index contributed by atoms with van der Waals surface area (Å²) in [7, 11) is 0. The first-order valence-electron chi connectivity index (χ1n) is 3.36. The topological polar surface area (TPSA) is 12.9 Å². The molecule has 0 N–H and O–H groups in total. The van der Waals surface area contributed by atoms with Crippen LogP contribution < -0.4 is 0 Å². The number of aryl methyl sites for hydroxylation is 2. The Morgan fingerprint density at radius 1 is 1.50 bits per heavy atom. The summed E-state index contributed by atoms with van der Waals surface area (Å²) < 4.78 is 12.7. The molecule has 0 saturated heterocycles. The lowest BCUT2D eigenvalue weighted by Crippen LogP contribution is -1.92. The quantitative estimate of drug-likeness (QED) is 0.543. The number of pyridine rings is 1. The Hall–Kier alpha value is -0.920. The zero-order valence-electron chi connectivity index (χ0n) is 6.19. The molecular formula is C8H10FN. The fraction of sp³-hybridized carbons (Fsp3) is 0.375. The molecular weight excluding hydrogens is 129 g/mol. The van der Waals surface area contributed by atoms with Gasteiger partial charge in [0.15, 0.2) is 0 Å². The van der Waals surface area contributed by atoms with Crippen LogP contribution in [-0.4, -0.2) is 4.98 Å². The van der Waals surface area contributed by atoms with Gasteiger partial charge in [0.05, 0.1) is 0 Å². The van der Waals surface area contributed by atoms with E-state index >= 15 is 0 Å². The minimum absolute atomic E-state index is 0.348. The number of hydrogen-bond acceptors (Lipinski definition) is 1. The number of rotatable bonds is 1. The summed E-state index contributed by atoms with van der Waals surface area (Å²) in [5.74, 6) is -0.348. The molecule has 1 aromatic heterocycles. The van der Waals surface area contributed by atoms with E-state index in [1.54, 1.807) is 13.0 Å². The molecule has 0 bridgehead atoms. The van der Waals surface area contributed by atoms with E-state index in [2.05, 4.69) is 4.98 Å². The van der Waals surface area contributed by atoms with Crippen molar-refractivity contribution >= 4 is 0 Å². The summed E-state index contributed by atoms with van der Waals surface area (Å²) >= 11 is 0. The highest BCUT2D eigenvalue weighted by atomic mass is 19.1. The van der Waals surface area contributed by atoms with Crippen LogP contribution in [-0.2, 0) is 6.42 Å². The highest BCUT2D eigenvalue weighted by Gasteiger charge is 1.97. The highest BCUT2D eigenvalue weighted by molar-refractivity contribution is 5.13. The van der Waals surface area contributed by atoms with Crippen molar-refractivity contribution in [3.05, 3.63) is 29.3 Å². The third-order valence-electron chi connectivity index (χ3n) is 1.46. The summed E-state index contributed by atoms with van der Waals surface area (Å²) in [6, 6.07) is 3.60. The standard InChI is InChI=1S/C8H10FN/c1-3-7-5-4-6(2)8(9)10-7/h4-5H,3H2,1-2H3. The van der Waals surface area contributed by atoms with Crippen molar-refractivity contribution in [1.29, 1.82) is 0 Å². The number of hydrogen-bond donors (Lipinski definition) is 0. The minimum Gasteiger partial charge on any atom is -0.225 e. The van der Waals surface area contributed by atoms with Gasteiger partial charge < -0.3 is 0 Å². The lowest BCUT2D eigenvalue weighted by Gasteiger charge is -1.96. The lowest BCUT2D eigenvalue weighted by molar-refractivity contribution is 0.568. The molecule has 0 spiro atoms. The van der Waals surface area contributed by atoms with Gasteiger partial charge in [0.2, 0.25) is 5.95 Å². The maximum atomic E-state index is 12.7. The smallest absolute Gasteiger partial charge is 0.215 e. The normalized spacial score (nSPS) is 9.90. The number of halogens is 1. The second-order valence-electron chi connectivity index (χ2n) is 2.26. The van der Waals surface area contributed by atoms with E-state index in [0.717, 1.165) is 12.1 Å². The summed E-state index contributed by atoms with van der Waals surface area (Å²) in [6.45, 7) is 3.67. The van der Waals surface area contributed by atoms with Crippen molar-refractivity contribution in [2.45, 2.75) is 20.3 Å². The molecule has 0 aliphatic carbocycles. The predicted octanol–water partition coefficient (Wildman–Crippen LogP) is 2.09. The molecule has 0 unspecified atom stereocenters. The van der Waals surface area contributed by atoms with Crippen LogP contribution in [0, 0.1) is 12.9 Å². The fourth-order valence-electron chi connectivity index (χ4n) is 0.738. The van der Waals surface area contributed by atoms with E-state index in [1.165, 1.54) is 0 Å². The third kappa shape index (κ3) is 1.32. The monoisotopic (exact) mass is 139 g/mol. The fourth-order valence-corrected chi connectivity index (χ4v) is 0.738. The van der Waals surface area contributed by atoms with Crippen LogP contribution in [0.5, 0.6) is 0 Å². The van der Waals surface area contributed by atoms with Crippen LogP contribution >= 0.6 is 0 Å². The van der Waals surface area contributed by atoms with Crippen molar-refractivity contribution in [2.75, 3.05) is 0 Å². The van der Waals surface area contributed by atoms with E-state index in [1.807, 2.05) is 13.0 Å². The first-order chi connectivity index (χ1) is 4.74. The van der Waals surface area contributed by atoms with Crippen LogP contribution in [0.1, 0.15) is 18.2 Å². The zero-order valence-corrected chi connectivity index (χ0v) is 6.19. The van der Waals surface area contributed by atoms with E-state index in [-0.39, 0.29) is 5.95 Å². The number of nitrogens with zero attached hydrogens (tertiary/aromatic N) is 1. The molecule has 0 radical (unpaired) electrons. The summed E-state index contributed by atoms with van der Waals surface area (Å²) in [4.78, 5) is 3.72. The highest BCUT2D eigenvalue weighted by Crippen LogP contribution is 2.04. The summed E-state index contributed by atoms with van der Waals surface area (Å²) in [6.07, 6.45) is 0.789. The Morgan fingerprint density at radius 2 is 2.20 bits per heavy atom. The Morgan fingerprint density at radius 3 is 2.70 bits per heavy atom. The van der Waals surface area contributed by atoms with E-state index in [0.29, 0.717) is 5.56 Å². The molecule has 0 aliphatic rings. The molecule has 10 heavy (non-hydrogen) atoms. The Balaban J connectivity index is 3.04. The van der Waals surface area contributed by atoms with Gasteiger partial charge in [-0.25, -0.2) is 4.98 Å². The van der Waals surface area contributed by atoms with Crippen molar-refractivity contribution in [1.82, 2.24) is 4.98 Å². The molecule has 1 rings (SSSR count). The van der Waals surface area contributed by atoms with Crippen LogP contribution in [0.4, 0.5) is 4.39 Å². The molecule has 1 nitrogen and oxygen atoms in total. The Labute approximate surface area is 59.9 Å². The van der Waals surface area contributed by atoms with Gasteiger partial charge in [-0.3, -0.25) is 0 Å². The summed E-state index contributed by atoms with van der Waals surface area (Å²) in [5, 5.41) is 0. The molecule has 1 heterocycles. The molecule has 54 valence electrons. The lowest BCUT2D eigenvalue weighted by atomic mass is 10.2. The van der Waals surface area contributed by atoms with Gasteiger partial charge in [-0.2, -0.15) is 4.39 Å². The maximum absolute atomic E-state index is 12.7. The molecule has 2 heteroatoms. The number of aromatic nitrogens is 1. The van der Waals surface area contributed by atoms with E-state index in [9.17, 15) is 4.39 Å². The molecule has 0 aliphatic heterocycles. The molecule has 0 atom stereocenters. The second-order valence-corrected chi connectivity index (χ2v) is 2.26.